The average molecular weight is 263 g/mol. The zero-order valence-corrected chi connectivity index (χ0v) is 12.1. The van der Waals surface area contributed by atoms with E-state index in [1.54, 1.807) is 0 Å². The normalized spacial score (nSPS) is 19.1. The number of aliphatic hydroxyl groups excluding tert-OH is 1. The second-order valence-electron chi connectivity index (χ2n) is 5.53. The van der Waals surface area contributed by atoms with Gasteiger partial charge < -0.3 is 14.7 Å². The molecule has 1 unspecified atom stereocenters. The smallest absolute Gasteiger partial charge is 0.0802 e. The fourth-order valence-corrected chi connectivity index (χ4v) is 2.70. The van der Waals surface area contributed by atoms with Crippen molar-refractivity contribution in [2.45, 2.75) is 32.8 Å². The van der Waals surface area contributed by atoms with E-state index in [2.05, 4.69) is 36.9 Å². The summed E-state index contributed by atoms with van der Waals surface area (Å²) in [6.07, 6.45) is 1.53. The maximum absolute atomic E-state index is 10.3. The highest BCUT2D eigenvalue weighted by Gasteiger charge is 2.13. The summed E-state index contributed by atoms with van der Waals surface area (Å²) in [4.78, 5) is 2.39. The maximum Gasteiger partial charge on any atom is 0.0802 e. The molecule has 3 heteroatoms. The molecule has 1 aliphatic heterocycles. The molecule has 0 aromatic heterocycles. The molecule has 1 aromatic carbocycles. The number of aliphatic hydroxyl groups is 1. The summed E-state index contributed by atoms with van der Waals surface area (Å²) in [6, 6.07) is 6.31. The first kappa shape index (κ1) is 14.5. The van der Waals surface area contributed by atoms with Crippen molar-refractivity contribution in [2.24, 2.45) is 0 Å². The van der Waals surface area contributed by atoms with E-state index in [4.69, 9.17) is 4.74 Å². The van der Waals surface area contributed by atoms with Crippen LogP contribution in [0.5, 0.6) is 0 Å². The van der Waals surface area contributed by atoms with Gasteiger partial charge in [0.1, 0.15) is 0 Å². The highest BCUT2D eigenvalue weighted by molar-refractivity contribution is 5.29. The van der Waals surface area contributed by atoms with E-state index in [1.165, 1.54) is 11.1 Å². The van der Waals surface area contributed by atoms with Gasteiger partial charge >= 0.3 is 0 Å². The molecule has 1 aromatic rings. The van der Waals surface area contributed by atoms with Crippen molar-refractivity contribution in [3.05, 3.63) is 34.9 Å². The molecular formula is C16H25NO2. The van der Waals surface area contributed by atoms with E-state index in [0.717, 1.165) is 51.3 Å². The molecule has 0 aliphatic carbocycles. The van der Waals surface area contributed by atoms with Gasteiger partial charge in [0, 0.05) is 26.2 Å². The van der Waals surface area contributed by atoms with E-state index >= 15 is 0 Å². The SMILES string of the molecule is Cc1cc(C)cc(C(O)CCN2CCCOCC2)c1. The van der Waals surface area contributed by atoms with E-state index in [1.807, 2.05) is 0 Å². The molecule has 19 heavy (non-hydrogen) atoms. The molecule has 0 saturated carbocycles. The molecule has 1 aliphatic rings. The van der Waals surface area contributed by atoms with Crippen LogP contribution in [0.3, 0.4) is 0 Å². The van der Waals surface area contributed by atoms with Crippen LogP contribution in [0, 0.1) is 13.8 Å². The van der Waals surface area contributed by atoms with Crippen LogP contribution in [-0.4, -0.2) is 42.9 Å². The van der Waals surface area contributed by atoms with Gasteiger partial charge in [0.25, 0.3) is 0 Å². The molecule has 3 nitrogen and oxygen atoms in total. The Balaban J connectivity index is 1.87. The van der Waals surface area contributed by atoms with Crippen LogP contribution in [0.25, 0.3) is 0 Å². The Morgan fingerprint density at radius 3 is 2.63 bits per heavy atom. The first-order chi connectivity index (χ1) is 9.15. The Morgan fingerprint density at radius 1 is 1.16 bits per heavy atom. The number of hydrogen-bond acceptors (Lipinski definition) is 3. The maximum atomic E-state index is 10.3. The van der Waals surface area contributed by atoms with Crippen molar-refractivity contribution in [3.8, 4) is 0 Å². The van der Waals surface area contributed by atoms with Gasteiger partial charge in [-0.1, -0.05) is 29.3 Å². The second-order valence-corrected chi connectivity index (χ2v) is 5.53. The minimum absolute atomic E-state index is 0.359. The lowest BCUT2D eigenvalue weighted by Crippen LogP contribution is -2.28. The van der Waals surface area contributed by atoms with Gasteiger partial charge in [0.05, 0.1) is 12.7 Å². The van der Waals surface area contributed by atoms with Crippen LogP contribution >= 0.6 is 0 Å². The first-order valence-corrected chi connectivity index (χ1v) is 7.21. The number of ether oxygens (including phenoxy) is 1. The van der Waals surface area contributed by atoms with Crippen LogP contribution in [0.4, 0.5) is 0 Å². The lowest BCUT2D eigenvalue weighted by Gasteiger charge is -2.21. The first-order valence-electron chi connectivity index (χ1n) is 7.21. The molecule has 0 spiro atoms. The highest BCUT2D eigenvalue weighted by Crippen LogP contribution is 2.20. The summed E-state index contributed by atoms with van der Waals surface area (Å²) in [6.45, 7) is 8.86. The topological polar surface area (TPSA) is 32.7 Å². The standard InChI is InChI=1S/C16H25NO2/c1-13-10-14(2)12-15(11-13)16(18)4-6-17-5-3-8-19-9-7-17/h10-12,16,18H,3-9H2,1-2H3. The molecule has 0 bridgehead atoms. The number of benzene rings is 1. The van der Waals surface area contributed by atoms with Gasteiger partial charge in [-0.2, -0.15) is 0 Å². The van der Waals surface area contributed by atoms with Crippen molar-refractivity contribution in [2.75, 3.05) is 32.8 Å². The van der Waals surface area contributed by atoms with Gasteiger partial charge in [0.15, 0.2) is 0 Å². The summed E-state index contributed by atoms with van der Waals surface area (Å²) < 4.78 is 5.44. The molecule has 106 valence electrons. The molecule has 2 rings (SSSR count). The van der Waals surface area contributed by atoms with Crippen LogP contribution < -0.4 is 0 Å². The number of aryl methyl sites for hydroxylation is 2. The van der Waals surface area contributed by atoms with Crippen molar-refractivity contribution in [3.63, 3.8) is 0 Å². The molecule has 1 atom stereocenters. The van der Waals surface area contributed by atoms with Crippen LogP contribution in [0.1, 0.15) is 35.6 Å². The summed E-state index contributed by atoms with van der Waals surface area (Å²) in [5, 5.41) is 10.3. The zero-order valence-electron chi connectivity index (χ0n) is 12.1. The number of rotatable bonds is 4. The fourth-order valence-electron chi connectivity index (χ4n) is 2.70. The Morgan fingerprint density at radius 2 is 1.89 bits per heavy atom. The van der Waals surface area contributed by atoms with Crippen molar-refractivity contribution in [1.29, 1.82) is 0 Å². The van der Waals surface area contributed by atoms with Gasteiger partial charge in [-0.25, -0.2) is 0 Å². The van der Waals surface area contributed by atoms with Crippen molar-refractivity contribution < 1.29 is 9.84 Å². The quantitative estimate of drug-likeness (QED) is 0.905. The van der Waals surface area contributed by atoms with Gasteiger partial charge in [-0.3, -0.25) is 0 Å². The third kappa shape index (κ3) is 4.60. The van der Waals surface area contributed by atoms with Crippen molar-refractivity contribution in [1.82, 2.24) is 4.90 Å². The lowest BCUT2D eigenvalue weighted by atomic mass is 10.0. The van der Waals surface area contributed by atoms with E-state index in [9.17, 15) is 5.11 Å². The Labute approximate surface area is 116 Å². The van der Waals surface area contributed by atoms with Gasteiger partial charge in [-0.05, 0) is 32.3 Å². The highest BCUT2D eigenvalue weighted by atomic mass is 16.5. The molecule has 1 N–H and O–H groups in total. The van der Waals surface area contributed by atoms with Gasteiger partial charge in [-0.15, -0.1) is 0 Å². The van der Waals surface area contributed by atoms with Crippen LogP contribution in [0.15, 0.2) is 18.2 Å². The predicted octanol–water partition coefficient (Wildman–Crippen LogP) is 2.45. The fraction of sp³-hybridized carbons (Fsp3) is 0.625. The van der Waals surface area contributed by atoms with E-state index < -0.39 is 0 Å². The van der Waals surface area contributed by atoms with Crippen LogP contribution in [-0.2, 0) is 4.74 Å². The Bertz CT molecular complexity index is 377. The average Bonchev–Trinajstić information content (AvgIpc) is 2.63. The molecule has 1 saturated heterocycles. The van der Waals surface area contributed by atoms with Gasteiger partial charge in [0.2, 0.25) is 0 Å². The van der Waals surface area contributed by atoms with E-state index in [0.29, 0.717) is 0 Å². The predicted molar refractivity (Wildman–Crippen MR) is 77.4 cm³/mol. The monoisotopic (exact) mass is 263 g/mol. The third-order valence-corrected chi connectivity index (χ3v) is 3.66. The summed E-state index contributed by atoms with van der Waals surface area (Å²) >= 11 is 0. The molecule has 1 heterocycles. The third-order valence-electron chi connectivity index (χ3n) is 3.66. The summed E-state index contributed by atoms with van der Waals surface area (Å²) in [5.41, 5.74) is 3.48. The van der Waals surface area contributed by atoms with Crippen molar-refractivity contribution >= 4 is 0 Å². The summed E-state index contributed by atoms with van der Waals surface area (Å²) in [7, 11) is 0. The Hall–Kier alpha value is -0.900. The lowest BCUT2D eigenvalue weighted by molar-refractivity contribution is 0.126. The largest absolute Gasteiger partial charge is 0.388 e. The number of nitrogens with zero attached hydrogens (tertiary/aromatic N) is 1. The number of hydrogen-bond donors (Lipinski definition) is 1. The molecule has 0 radical (unpaired) electrons. The molecule has 0 amide bonds. The Kier molecular flexibility index (Phi) is 5.37. The zero-order chi connectivity index (χ0) is 13.7. The molecule has 1 fully saturated rings. The second kappa shape index (κ2) is 7.04. The van der Waals surface area contributed by atoms with E-state index in [-0.39, 0.29) is 6.10 Å². The molecular weight excluding hydrogens is 238 g/mol. The minimum Gasteiger partial charge on any atom is -0.388 e. The van der Waals surface area contributed by atoms with Crippen LogP contribution in [0.2, 0.25) is 0 Å². The summed E-state index contributed by atoms with van der Waals surface area (Å²) in [5.74, 6) is 0. The minimum atomic E-state index is -0.359.